The van der Waals surface area contributed by atoms with E-state index in [-0.39, 0.29) is 11.1 Å². The molecule has 1 saturated carbocycles. The number of nitrogens with one attached hydrogen (secondary N) is 1. The summed E-state index contributed by atoms with van der Waals surface area (Å²) >= 11 is 0. The van der Waals surface area contributed by atoms with E-state index in [4.69, 9.17) is 0 Å². The highest BCUT2D eigenvalue weighted by molar-refractivity contribution is 5.89. The predicted molar refractivity (Wildman–Crippen MR) is 88.2 cm³/mol. The molecule has 0 atom stereocenters. The number of hydrogen-bond acceptors (Lipinski definition) is 5. The van der Waals surface area contributed by atoms with Gasteiger partial charge in [-0.05, 0) is 18.4 Å². The first kappa shape index (κ1) is 16.2. The van der Waals surface area contributed by atoms with Crippen LogP contribution in [-0.4, -0.2) is 28.2 Å². The van der Waals surface area contributed by atoms with Gasteiger partial charge in [0.1, 0.15) is 5.82 Å². The molecule has 0 bridgehead atoms. The van der Waals surface area contributed by atoms with Gasteiger partial charge in [0.15, 0.2) is 5.69 Å². The lowest BCUT2D eigenvalue weighted by molar-refractivity contribution is 0.0589. The van der Waals surface area contributed by atoms with Gasteiger partial charge in [0.2, 0.25) is 5.75 Å². The van der Waals surface area contributed by atoms with Gasteiger partial charge in [0.25, 0.3) is 5.56 Å². The summed E-state index contributed by atoms with van der Waals surface area (Å²) in [5.41, 5.74) is 0.0404. The highest BCUT2D eigenvalue weighted by atomic mass is 16.5. The molecule has 3 rings (SSSR count). The monoisotopic (exact) mass is 328 g/mol. The van der Waals surface area contributed by atoms with E-state index in [0.717, 1.165) is 25.7 Å². The van der Waals surface area contributed by atoms with Gasteiger partial charge in [-0.15, -0.1) is 0 Å². The predicted octanol–water partition coefficient (Wildman–Crippen LogP) is 2.32. The highest BCUT2D eigenvalue weighted by Crippen LogP contribution is 2.43. The fourth-order valence-electron chi connectivity index (χ4n) is 3.57. The molecule has 1 aromatic heterocycles. The van der Waals surface area contributed by atoms with Crippen molar-refractivity contribution in [3.63, 3.8) is 0 Å². The Labute approximate surface area is 139 Å². The molecule has 0 saturated heterocycles. The largest absolute Gasteiger partial charge is 0.501 e. The first-order valence-corrected chi connectivity index (χ1v) is 8.02. The van der Waals surface area contributed by atoms with Gasteiger partial charge >= 0.3 is 5.97 Å². The summed E-state index contributed by atoms with van der Waals surface area (Å²) in [6, 6.07) is 10.2. The van der Waals surface area contributed by atoms with Crippen molar-refractivity contribution in [1.82, 2.24) is 9.97 Å². The molecule has 1 aliphatic carbocycles. The summed E-state index contributed by atoms with van der Waals surface area (Å²) in [6.45, 7) is 0. The number of hydrogen-bond donors (Lipinski definition) is 2. The van der Waals surface area contributed by atoms with Crippen LogP contribution in [0.3, 0.4) is 0 Å². The maximum Gasteiger partial charge on any atom is 0.360 e. The van der Waals surface area contributed by atoms with Gasteiger partial charge < -0.3 is 14.8 Å². The Kier molecular flexibility index (Phi) is 4.38. The molecule has 0 spiro atoms. The van der Waals surface area contributed by atoms with E-state index in [9.17, 15) is 14.7 Å². The molecule has 0 radical (unpaired) electrons. The fourth-order valence-corrected chi connectivity index (χ4v) is 3.57. The Bertz CT molecular complexity index is 792. The number of aromatic nitrogens is 2. The number of ether oxygens (including phenoxy) is 1. The number of carbonyl (C=O) groups is 1. The number of methoxy groups -OCH3 is 1. The molecule has 6 heteroatoms. The van der Waals surface area contributed by atoms with E-state index in [1.54, 1.807) is 0 Å². The van der Waals surface area contributed by atoms with E-state index < -0.39 is 17.3 Å². The molecular formula is C18H20N2O4. The van der Waals surface area contributed by atoms with E-state index in [2.05, 4.69) is 26.8 Å². The van der Waals surface area contributed by atoms with Crippen LogP contribution in [0.2, 0.25) is 0 Å². The molecule has 126 valence electrons. The minimum atomic E-state index is -0.819. The summed E-state index contributed by atoms with van der Waals surface area (Å²) in [7, 11) is 1.19. The lowest BCUT2D eigenvalue weighted by Gasteiger charge is -2.29. The fraction of sp³-hybridized carbons (Fsp3) is 0.389. The first-order valence-electron chi connectivity index (χ1n) is 8.02. The van der Waals surface area contributed by atoms with Crippen LogP contribution in [0.15, 0.2) is 35.1 Å². The van der Waals surface area contributed by atoms with Crippen molar-refractivity contribution in [3.05, 3.63) is 57.8 Å². The van der Waals surface area contributed by atoms with Crippen LogP contribution in [0.1, 0.15) is 47.6 Å². The van der Waals surface area contributed by atoms with Gasteiger partial charge in [-0.2, -0.15) is 0 Å². The zero-order valence-electron chi connectivity index (χ0n) is 13.5. The standard InChI is InChI=1S/C18H20N2O4/c1-24-17(23)14-15(21)16(22)20-13(19-14)11-18(9-5-6-10-18)12-7-3-2-4-8-12/h2-4,7-8,21H,5-6,9-11H2,1H3,(H,19,20,22). The maximum absolute atomic E-state index is 11.9. The Morgan fingerprint density at radius 1 is 1.29 bits per heavy atom. The second kappa shape index (κ2) is 6.47. The van der Waals surface area contributed by atoms with Crippen LogP contribution in [0.5, 0.6) is 5.75 Å². The average molecular weight is 328 g/mol. The average Bonchev–Trinajstić information content (AvgIpc) is 3.07. The van der Waals surface area contributed by atoms with E-state index >= 15 is 0 Å². The Balaban J connectivity index is 2.01. The number of aromatic hydroxyl groups is 1. The van der Waals surface area contributed by atoms with Crippen LogP contribution in [0.4, 0.5) is 0 Å². The van der Waals surface area contributed by atoms with Crippen LogP contribution < -0.4 is 5.56 Å². The van der Waals surface area contributed by atoms with Crippen LogP contribution in [0.25, 0.3) is 0 Å². The number of nitrogens with zero attached hydrogens (tertiary/aromatic N) is 1. The number of esters is 1. The smallest absolute Gasteiger partial charge is 0.360 e. The van der Waals surface area contributed by atoms with E-state index in [1.165, 1.54) is 12.7 Å². The van der Waals surface area contributed by atoms with Gasteiger partial charge in [0.05, 0.1) is 7.11 Å². The number of H-pyrrole nitrogens is 1. The van der Waals surface area contributed by atoms with Crippen molar-refractivity contribution in [3.8, 4) is 5.75 Å². The Morgan fingerprint density at radius 2 is 1.96 bits per heavy atom. The Morgan fingerprint density at radius 3 is 2.58 bits per heavy atom. The summed E-state index contributed by atoms with van der Waals surface area (Å²) in [5, 5.41) is 9.76. The Hall–Kier alpha value is -2.63. The zero-order valence-corrected chi connectivity index (χ0v) is 13.5. The minimum absolute atomic E-state index is 0.110. The van der Waals surface area contributed by atoms with Gasteiger partial charge in [0, 0.05) is 11.8 Å². The zero-order chi connectivity index (χ0) is 17.2. The third kappa shape index (κ3) is 2.91. The number of carbonyl (C=O) groups excluding carboxylic acids is 1. The van der Waals surface area contributed by atoms with Crippen LogP contribution in [-0.2, 0) is 16.6 Å². The van der Waals surface area contributed by atoms with Gasteiger partial charge in [-0.25, -0.2) is 9.78 Å². The topological polar surface area (TPSA) is 92.3 Å². The second-order valence-corrected chi connectivity index (χ2v) is 6.23. The molecule has 0 aliphatic heterocycles. The molecule has 2 aromatic rings. The summed E-state index contributed by atoms with van der Waals surface area (Å²) in [6.07, 6.45) is 4.73. The first-order chi connectivity index (χ1) is 11.6. The molecule has 2 N–H and O–H groups in total. The highest BCUT2D eigenvalue weighted by Gasteiger charge is 2.36. The third-order valence-electron chi connectivity index (χ3n) is 4.78. The van der Waals surface area contributed by atoms with Gasteiger partial charge in [-0.3, -0.25) is 4.79 Å². The number of benzene rings is 1. The third-order valence-corrected chi connectivity index (χ3v) is 4.78. The number of rotatable bonds is 4. The molecule has 24 heavy (non-hydrogen) atoms. The lowest BCUT2D eigenvalue weighted by atomic mass is 9.76. The molecule has 1 aromatic carbocycles. The second-order valence-electron chi connectivity index (χ2n) is 6.23. The molecule has 6 nitrogen and oxygen atoms in total. The molecule has 1 aliphatic rings. The normalized spacial score (nSPS) is 16.0. The molecule has 1 fully saturated rings. The minimum Gasteiger partial charge on any atom is -0.501 e. The maximum atomic E-state index is 11.9. The summed E-state index contributed by atoms with van der Waals surface area (Å²) in [4.78, 5) is 30.4. The summed E-state index contributed by atoms with van der Waals surface area (Å²) < 4.78 is 4.59. The van der Waals surface area contributed by atoms with Crippen LogP contribution >= 0.6 is 0 Å². The lowest BCUT2D eigenvalue weighted by Crippen LogP contribution is -2.28. The van der Waals surface area contributed by atoms with Crippen LogP contribution in [0, 0.1) is 0 Å². The van der Waals surface area contributed by atoms with E-state index in [0.29, 0.717) is 12.2 Å². The van der Waals surface area contributed by atoms with Crippen molar-refractivity contribution < 1.29 is 14.6 Å². The quantitative estimate of drug-likeness (QED) is 0.840. The van der Waals surface area contributed by atoms with Crippen molar-refractivity contribution in [2.75, 3.05) is 7.11 Å². The van der Waals surface area contributed by atoms with Crippen molar-refractivity contribution in [2.45, 2.75) is 37.5 Å². The SMILES string of the molecule is COC(=O)c1nc(CC2(c3ccccc3)CCCC2)[nH]c(=O)c1O. The van der Waals surface area contributed by atoms with Gasteiger partial charge in [-0.1, -0.05) is 43.2 Å². The molecular weight excluding hydrogens is 308 g/mol. The molecule has 1 heterocycles. The van der Waals surface area contributed by atoms with E-state index in [1.807, 2.05) is 18.2 Å². The summed E-state index contributed by atoms with van der Waals surface area (Å²) in [5.74, 6) is -1.13. The number of aromatic amines is 1. The van der Waals surface area contributed by atoms with Crippen molar-refractivity contribution in [2.24, 2.45) is 0 Å². The van der Waals surface area contributed by atoms with Crippen molar-refractivity contribution in [1.29, 1.82) is 0 Å². The molecule has 0 unspecified atom stereocenters. The van der Waals surface area contributed by atoms with Crippen molar-refractivity contribution >= 4 is 5.97 Å². The molecule has 0 amide bonds.